The van der Waals surface area contributed by atoms with Crippen molar-refractivity contribution in [3.05, 3.63) is 70.7 Å². The highest BCUT2D eigenvalue weighted by atomic mass is 32.2. The molecule has 0 unspecified atom stereocenters. The predicted octanol–water partition coefficient (Wildman–Crippen LogP) is 3.53. The van der Waals surface area contributed by atoms with Crippen molar-refractivity contribution >= 4 is 27.3 Å². The Hall–Kier alpha value is -3.20. The molecule has 0 aliphatic rings. The molecule has 146 valence electrons. The predicted molar refractivity (Wildman–Crippen MR) is 104 cm³/mol. The van der Waals surface area contributed by atoms with Gasteiger partial charge in [0.15, 0.2) is 5.03 Å². The normalized spacial score (nSPS) is 11.3. The number of carbonyl (C=O) groups is 1. The molecule has 0 aliphatic carbocycles. The van der Waals surface area contributed by atoms with Crippen molar-refractivity contribution in [1.82, 2.24) is 10.2 Å². The molecular formula is C19H19FN4O3S. The Balaban J connectivity index is 1.87. The third-order valence-electron chi connectivity index (χ3n) is 4.02. The number of anilines is 2. The van der Waals surface area contributed by atoms with E-state index in [1.54, 1.807) is 19.1 Å². The molecule has 0 aliphatic heterocycles. The van der Waals surface area contributed by atoms with Crippen molar-refractivity contribution in [3.8, 4) is 0 Å². The number of benzene rings is 2. The monoisotopic (exact) mass is 402 g/mol. The first kappa shape index (κ1) is 19.6. The summed E-state index contributed by atoms with van der Waals surface area (Å²) in [5, 5.41) is 8.13. The molecule has 0 saturated carbocycles. The molecule has 0 radical (unpaired) electrons. The van der Waals surface area contributed by atoms with Crippen LogP contribution in [0.4, 0.5) is 15.8 Å². The van der Waals surface area contributed by atoms with Crippen LogP contribution in [0.3, 0.4) is 0 Å². The number of carbonyl (C=O) groups excluding carboxylic acids is 1. The second-order valence-corrected chi connectivity index (χ2v) is 8.13. The standard InChI is InChI=1S/C19H19FN4O3S/c1-11-6-12(2)8-15(7-11)24-28(26,27)19-16(10-21-23-19)18(25)22-14-5-4-13(3)17(20)9-14/h4-10,24H,1-3H3,(H,21,23)(H,22,25). The fourth-order valence-corrected chi connectivity index (χ4v) is 3.89. The molecule has 28 heavy (non-hydrogen) atoms. The van der Waals surface area contributed by atoms with Crippen LogP contribution in [0.25, 0.3) is 0 Å². The van der Waals surface area contributed by atoms with Gasteiger partial charge >= 0.3 is 0 Å². The van der Waals surface area contributed by atoms with Gasteiger partial charge in [-0.2, -0.15) is 13.5 Å². The largest absolute Gasteiger partial charge is 0.322 e. The first-order valence-corrected chi connectivity index (χ1v) is 9.86. The van der Waals surface area contributed by atoms with Crippen LogP contribution in [0.5, 0.6) is 0 Å². The quantitative estimate of drug-likeness (QED) is 0.607. The number of amides is 1. The van der Waals surface area contributed by atoms with Gasteiger partial charge in [-0.1, -0.05) is 12.1 Å². The van der Waals surface area contributed by atoms with Crippen LogP contribution in [0, 0.1) is 26.6 Å². The van der Waals surface area contributed by atoms with E-state index in [2.05, 4.69) is 20.2 Å². The van der Waals surface area contributed by atoms with Gasteiger partial charge in [0.25, 0.3) is 15.9 Å². The number of hydrogen-bond acceptors (Lipinski definition) is 4. The Kier molecular flexibility index (Phi) is 5.19. The van der Waals surface area contributed by atoms with Crippen molar-refractivity contribution in [2.75, 3.05) is 10.0 Å². The Morgan fingerprint density at radius 3 is 2.36 bits per heavy atom. The summed E-state index contributed by atoms with van der Waals surface area (Å²) in [6.45, 7) is 5.29. The third-order valence-corrected chi connectivity index (χ3v) is 5.37. The van der Waals surface area contributed by atoms with Crippen LogP contribution in [-0.4, -0.2) is 24.5 Å². The minimum Gasteiger partial charge on any atom is -0.322 e. The molecule has 2 aromatic carbocycles. The van der Waals surface area contributed by atoms with Crippen LogP contribution in [0.2, 0.25) is 0 Å². The van der Waals surface area contributed by atoms with Gasteiger partial charge in [0, 0.05) is 11.4 Å². The average Bonchev–Trinajstić information content (AvgIpc) is 3.07. The smallest absolute Gasteiger partial charge is 0.279 e. The molecule has 7 nitrogen and oxygen atoms in total. The second-order valence-electron chi connectivity index (χ2n) is 6.51. The molecule has 0 fully saturated rings. The van der Waals surface area contributed by atoms with E-state index in [9.17, 15) is 17.6 Å². The summed E-state index contributed by atoms with van der Waals surface area (Å²) < 4.78 is 41.6. The number of nitrogens with one attached hydrogen (secondary N) is 3. The van der Waals surface area contributed by atoms with Gasteiger partial charge in [-0.15, -0.1) is 0 Å². The first-order chi connectivity index (χ1) is 13.2. The van der Waals surface area contributed by atoms with Gasteiger partial charge in [-0.3, -0.25) is 14.6 Å². The Morgan fingerprint density at radius 2 is 1.71 bits per heavy atom. The molecule has 3 N–H and O–H groups in total. The minimum absolute atomic E-state index is 0.183. The summed E-state index contributed by atoms with van der Waals surface area (Å²) in [7, 11) is -4.09. The number of halogens is 1. The summed E-state index contributed by atoms with van der Waals surface area (Å²) in [6, 6.07) is 9.46. The number of sulfonamides is 1. The Labute approximate surface area is 162 Å². The highest BCUT2D eigenvalue weighted by Gasteiger charge is 2.25. The average molecular weight is 402 g/mol. The van der Waals surface area contributed by atoms with Crippen molar-refractivity contribution < 1.29 is 17.6 Å². The number of aromatic nitrogens is 2. The molecule has 0 spiro atoms. The van der Waals surface area contributed by atoms with E-state index in [-0.39, 0.29) is 16.3 Å². The molecule has 3 aromatic rings. The van der Waals surface area contributed by atoms with Gasteiger partial charge in [0.05, 0.1) is 11.8 Å². The van der Waals surface area contributed by atoms with E-state index in [1.165, 1.54) is 12.1 Å². The Morgan fingerprint density at radius 1 is 1.04 bits per heavy atom. The van der Waals surface area contributed by atoms with Crippen molar-refractivity contribution in [2.45, 2.75) is 25.8 Å². The third kappa shape index (κ3) is 4.20. The molecule has 1 aromatic heterocycles. The number of aryl methyl sites for hydroxylation is 3. The molecule has 0 bridgehead atoms. The number of aromatic amines is 1. The van der Waals surface area contributed by atoms with E-state index in [4.69, 9.17) is 0 Å². The van der Waals surface area contributed by atoms with E-state index in [0.29, 0.717) is 11.3 Å². The van der Waals surface area contributed by atoms with Crippen molar-refractivity contribution in [2.24, 2.45) is 0 Å². The van der Waals surface area contributed by atoms with Crippen LogP contribution in [-0.2, 0) is 10.0 Å². The molecule has 0 saturated heterocycles. The van der Waals surface area contributed by atoms with Crippen LogP contribution in [0.1, 0.15) is 27.0 Å². The molecule has 9 heteroatoms. The minimum atomic E-state index is -4.09. The molecule has 1 amide bonds. The molecule has 1 heterocycles. The highest BCUT2D eigenvalue weighted by Crippen LogP contribution is 2.21. The summed E-state index contributed by atoms with van der Waals surface area (Å²) in [5.41, 5.74) is 2.61. The lowest BCUT2D eigenvalue weighted by Crippen LogP contribution is -2.20. The topological polar surface area (TPSA) is 104 Å². The fraction of sp³-hybridized carbons (Fsp3) is 0.158. The summed E-state index contributed by atoms with van der Waals surface area (Å²) >= 11 is 0. The SMILES string of the molecule is Cc1cc(C)cc(NS(=O)(=O)c2[nH]ncc2C(=O)Nc2ccc(C)c(F)c2)c1. The zero-order valence-electron chi connectivity index (χ0n) is 15.5. The number of nitrogens with zero attached hydrogens (tertiary/aromatic N) is 1. The van der Waals surface area contributed by atoms with E-state index in [1.807, 2.05) is 19.9 Å². The zero-order chi connectivity index (χ0) is 20.5. The van der Waals surface area contributed by atoms with Gasteiger partial charge in [0.2, 0.25) is 0 Å². The first-order valence-electron chi connectivity index (χ1n) is 8.38. The maximum absolute atomic E-state index is 13.7. The van der Waals surface area contributed by atoms with E-state index in [0.717, 1.165) is 23.4 Å². The second kappa shape index (κ2) is 7.43. The summed E-state index contributed by atoms with van der Waals surface area (Å²) in [4.78, 5) is 12.5. The lowest BCUT2D eigenvalue weighted by atomic mass is 10.1. The maximum Gasteiger partial charge on any atom is 0.279 e. The molecular weight excluding hydrogens is 383 g/mol. The van der Waals surface area contributed by atoms with Crippen LogP contribution < -0.4 is 10.0 Å². The highest BCUT2D eigenvalue weighted by molar-refractivity contribution is 7.92. The van der Waals surface area contributed by atoms with Crippen LogP contribution in [0.15, 0.2) is 47.6 Å². The van der Waals surface area contributed by atoms with Crippen molar-refractivity contribution in [3.63, 3.8) is 0 Å². The van der Waals surface area contributed by atoms with Gasteiger partial charge in [-0.05, 0) is 61.7 Å². The molecule has 0 atom stereocenters. The summed E-state index contributed by atoms with van der Waals surface area (Å²) in [6.07, 6.45) is 1.11. The van der Waals surface area contributed by atoms with E-state index < -0.39 is 21.7 Å². The lowest BCUT2D eigenvalue weighted by molar-refractivity contribution is 0.102. The number of rotatable bonds is 5. The zero-order valence-corrected chi connectivity index (χ0v) is 16.3. The summed E-state index contributed by atoms with van der Waals surface area (Å²) in [5.74, 6) is -1.20. The van der Waals surface area contributed by atoms with Gasteiger partial charge < -0.3 is 5.32 Å². The van der Waals surface area contributed by atoms with Gasteiger partial charge in [0.1, 0.15) is 5.82 Å². The van der Waals surface area contributed by atoms with Crippen LogP contribution >= 0.6 is 0 Å². The Bertz CT molecular complexity index is 1140. The van der Waals surface area contributed by atoms with Crippen molar-refractivity contribution in [1.29, 1.82) is 0 Å². The number of H-pyrrole nitrogens is 1. The number of hydrogen-bond donors (Lipinski definition) is 3. The maximum atomic E-state index is 13.7. The van der Waals surface area contributed by atoms with E-state index >= 15 is 0 Å². The lowest BCUT2D eigenvalue weighted by Gasteiger charge is -2.10. The van der Waals surface area contributed by atoms with Gasteiger partial charge in [-0.25, -0.2) is 4.39 Å². The fourth-order valence-electron chi connectivity index (χ4n) is 2.75. The molecule has 3 rings (SSSR count).